The van der Waals surface area contributed by atoms with Crippen molar-refractivity contribution in [3.8, 4) is 5.75 Å². The summed E-state index contributed by atoms with van der Waals surface area (Å²) in [5.41, 5.74) is 3.53. The lowest BCUT2D eigenvalue weighted by Crippen LogP contribution is -2.29. The quantitative estimate of drug-likeness (QED) is 0.322. The lowest BCUT2D eigenvalue weighted by Gasteiger charge is -2.37. The van der Waals surface area contributed by atoms with Crippen LogP contribution in [0.25, 0.3) is 0 Å². The van der Waals surface area contributed by atoms with Crippen molar-refractivity contribution in [2.24, 2.45) is 5.92 Å². The van der Waals surface area contributed by atoms with Gasteiger partial charge in [-0.25, -0.2) is 0 Å². The van der Waals surface area contributed by atoms with E-state index in [1.807, 2.05) is 25.1 Å². The van der Waals surface area contributed by atoms with Gasteiger partial charge >= 0.3 is 0 Å². The first-order valence-electron chi connectivity index (χ1n) is 9.69. The second-order valence-electron chi connectivity index (χ2n) is 7.12. The van der Waals surface area contributed by atoms with Crippen LogP contribution >= 0.6 is 0 Å². The van der Waals surface area contributed by atoms with Crippen molar-refractivity contribution in [3.63, 3.8) is 0 Å². The highest BCUT2D eigenvalue weighted by molar-refractivity contribution is 5.61. The van der Waals surface area contributed by atoms with Gasteiger partial charge in [0.15, 0.2) is 0 Å². The monoisotopic (exact) mass is 380 g/mol. The molecule has 0 radical (unpaired) electrons. The molecule has 146 valence electrons. The minimum Gasteiger partial charge on any atom is -0.491 e. The van der Waals surface area contributed by atoms with Crippen molar-refractivity contribution >= 4 is 11.4 Å². The van der Waals surface area contributed by atoms with E-state index >= 15 is 0 Å². The van der Waals surface area contributed by atoms with Crippen molar-refractivity contribution in [2.45, 2.75) is 25.3 Å². The highest BCUT2D eigenvalue weighted by Crippen LogP contribution is 2.50. The van der Waals surface area contributed by atoms with Gasteiger partial charge in [-0.2, -0.15) is 0 Å². The van der Waals surface area contributed by atoms with Gasteiger partial charge < -0.3 is 14.8 Å². The van der Waals surface area contributed by atoms with Gasteiger partial charge in [-0.05, 0) is 48.6 Å². The molecular formula is C22H24N2O4. The Morgan fingerprint density at radius 3 is 2.75 bits per heavy atom. The molecule has 0 fully saturated rings. The van der Waals surface area contributed by atoms with E-state index in [9.17, 15) is 10.1 Å². The van der Waals surface area contributed by atoms with E-state index in [4.69, 9.17) is 9.47 Å². The molecule has 1 N–H and O–H groups in total. The number of fused-ring (bicyclic) bond motifs is 3. The van der Waals surface area contributed by atoms with Gasteiger partial charge in [0.1, 0.15) is 12.4 Å². The number of nitro benzene ring substituents is 1. The molecule has 3 unspecified atom stereocenters. The number of nitrogens with one attached hydrogen (secondary N) is 1. The largest absolute Gasteiger partial charge is 0.491 e. The zero-order valence-electron chi connectivity index (χ0n) is 15.8. The smallest absolute Gasteiger partial charge is 0.269 e. The Hall–Kier alpha value is -2.86. The van der Waals surface area contributed by atoms with E-state index in [1.54, 1.807) is 12.1 Å². The maximum Gasteiger partial charge on any atom is 0.269 e. The average Bonchev–Trinajstić information content (AvgIpc) is 3.21. The van der Waals surface area contributed by atoms with E-state index in [0.29, 0.717) is 31.7 Å². The number of non-ortho nitro benzene ring substituents is 1. The van der Waals surface area contributed by atoms with Crippen LogP contribution in [0.4, 0.5) is 11.4 Å². The summed E-state index contributed by atoms with van der Waals surface area (Å²) in [6.45, 7) is 3.78. The molecule has 0 saturated carbocycles. The van der Waals surface area contributed by atoms with E-state index in [-0.39, 0.29) is 16.7 Å². The van der Waals surface area contributed by atoms with E-state index in [1.165, 1.54) is 5.56 Å². The summed E-state index contributed by atoms with van der Waals surface area (Å²) in [5.74, 6) is 1.55. The summed E-state index contributed by atoms with van der Waals surface area (Å²) in [7, 11) is 0. The van der Waals surface area contributed by atoms with Crippen LogP contribution in [-0.2, 0) is 4.74 Å². The van der Waals surface area contributed by atoms with Gasteiger partial charge in [0.05, 0.1) is 17.6 Å². The van der Waals surface area contributed by atoms with Gasteiger partial charge in [0.2, 0.25) is 0 Å². The zero-order valence-corrected chi connectivity index (χ0v) is 15.8. The van der Waals surface area contributed by atoms with Crippen molar-refractivity contribution in [1.29, 1.82) is 0 Å². The fourth-order valence-corrected chi connectivity index (χ4v) is 4.16. The minimum atomic E-state index is -0.361. The minimum absolute atomic E-state index is 0.120. The summed E-state index contributed by atoms with van der Waals surface area (Å²) >= 11 is 0. The first kappa shape index (κ1) is 18.5. The van der Waals surface area contributed by atoms with Gasteiger partial charge in [-0.15, -0.1) is 0 Å². The number of allylic oxidation sites excluding steroid dienone is 2. The van der Waals surface area contributed by atoms with Crippen LogP contribution in [0.1, 0.15) is 36.4 Å². The molecule has 2 aromatic carbocycles. The summed E-state index contributed by atoms with van der Waals surface area (Å²) in [6, 6.07) is 13.2. The maximum atomic E-state index is 10.9. The van der Waals surface area contributed by atoms with E-state index in [2.05, 4.69) is 29.6 Å². The number of benzene rings is 2. The number of nitrogens with zero attached hydrogens (tertiary/aromatic N) is 1. The van der Waals surface area contributed by atoms with Crippen LogP contribution in [0.5, 0.6) is 5.75 Å². The summed E-state index contributed by atoms with van der Waals surface area (Å²) in [4.78, 5) is 10.6. The summed E-state index contributed by atoms with van der Waals surface area (Å²) in [6.07, 6.45) is 5.48. The molecule has 0 bridgehead atoms. The molecule has 1 aliphatic carbocycles. The Labute approximate surface area is 164 Å². The third-order valence-electron chi connectivity index (χ3n) is 5.50. The molecule has 0 saturated heterocycles. The molecular weight excluding hydrogens is 356 g/mol. The van der Waals surface area contributed by atoms with Gasteiger partial charge in [-0.1, -0.05) is 24.3 Å². The van der Waals surface area contributed by atoms with Crippen molar-refractivity contribution in [1.82, 2.24) is 0 Å². The molecule has 1 aliphatic heterocycles. The third kappa shape index (κ3) is 3.60. The number of rotatable bonds is 7. The lowest BCUT2D eigenvalue weighted by atomic mass is 9.77. The number of nitro groups is 1. The Bertz CT molecular complexity index is 879. The Morgan fingerprint density at radius 1 is 1.18 bits per heavy atom. The highest BCUT2D eigenvalue weighted by Gasteiger charge is 2.38. The second-order valence-corrected chi connectivity index (χ2v) is 7.12. The second kappa shape index (κ2) is 8.02. The number of ether oxygens (including phenoxy) is 2. The molecule has 6 nitrogen and oxygen atoms in total. The Balaban J connectivity index is 1.56. The van der Waals surface area contributed by atoms with Crippen molar-refractivity contribution in [3.05, 3.63) is 75.9 Å². The first-order valence-corrected chi connectivity index (χ1v) is 9.69. The zero-order chi connectivity index (χ0) is 19.5. The topological polar surface area (TPSA) is 73.6 Å². The fraction of sp³-hybridized carbons (Fsp3) is 0.364. The average molecular weight is 380 g/mol. The Morgan fingerprint density at radius 2 is 2.00 bits per heavy atom. The fourth-order valence-electron chi connectivity index (χ4n) is 4.16. The lowest BCUT2D eigenvalue weighted by molar-refractivity contribution is -0.384. The molecule has 0 amide bonds. The molecule has 1 heterocycles. The van der Waals surface area contributed by atoms with Crippen LogP contribution in [-0.4, -0.2) is 24.7 Å². The molecule has 2 aliphatic rings. The molecule has 3 atom stereocenters. The number of anilines is 1. The third-order valence-corrected chi connectivity index (χ3v) is 5.50. The van der Waals surface area contributed by atoms with Gasteiger partial charge in [-0.3, -0.25) is 10.1 Å². The molecule has 4 rings (SSSR count). The number of hydrogen-bond donors (Lipinski definition) is 1. The van der Waals surface area contributed by atoms with E-state index in [0.717, 1.165) is 23.4 Å². The predicted octanol–water partition coefficient (Wildman–Crippen LogP) is 4.84. The Kier molecular flexibility index (Phi) is 5.30. The SMILES string of the molecule is CCOCCOc1ccc2c(c1)C1C=CCC1C(c1ccc([N+](=O)[O-])cc1)N2. The van der Waals surface area contributed by atoms with Gasteiger partial charge in [0, 0.05) is 30.3 Å². The maximum absolute atomic E-state index is 10.9. The number of hydrogen-bond acceptors (Lipinski definition) is 5. The molecule has 0 aromatic heterocycles. The normalized spacial score (nSPS) is 22.2. The van der Waals surface area contributed by atoms with Crippen LogP contribution in [0, 0.1) is 16.0 Å². The summed E-state index contributed by atoms with van der Waals surface area (Å²) in [5, 5.41) is 14.6. The molecule has 2 aromatic rings. The van der Waals surface area contributed by atoms with E-state index < -0.39 is 0 Å². The van der Waals surface area contributed by atoms with Crippen LogP contribution in [0.3, 0.4) is 0 Å². The highest BCUT2D eigenvalue weighted by atomic mass is 16.6. The first-order chi connectivity index (χ1) is 13.7. The van der Waals surface area contributed by atoms with Crippen molar-refractivity contribution in [2.75, 3.05) is 25.1 Å². The van der Waals surface area contributed by atoms with Crippen molar-refractivity contribution < 1.29 is 14.4 Å². The molecule has 28 heavy (non-hydrogen) atoms. The van der Waals surface area contributed by atoms with Gasteiger partial charge in [0.25, 0.3) is 5.69 Å². The standard InChI is InChI=1S/C22H24N2O4/c1-2-27-12-13-28-17-10-11-21-20(14-17)18-4-3-5-19(18)22(23-21)15-6-8-16(9-7-15)24(25)26/h3-4,6-11,14,18-19,22-23H,2,5,12-13H2,1H3. The van der Waals surface area contributed by atoms with Crippen LogP contribution < -0.4 is 10.1 Å². The van der Waals surface area contributed by atoms with Crippen LogP contribution in [0.15, 0.2) is 54.6 Å². The molecule has 6 heteroatoms. The molecule has 0 spiro atoms. The van der Waals surface area contributed by atoms with Crippen LogP contribution in [0.2, 0.25) is 0 Å². The predicted molar refractivity (Wildman–Crippen MR) is 108 cm³/mol. The summed E-state index contributed by atoms with van der Waals surface area (Å²) < 4.78 is 11.2.